The molecule has 2 aromatic carbocycles. The minimum Gasteiger partial charge on any atom is -0.360 e. The van der Waals surface area contributed by atoms with E-state index in [4.69, 9.17) is 0 Å². The van der Waals surface area contributed by atoms with Crippen molar-refractivity contribution < 1.29 is 9.69 Å². The van der Waals surface area contributed by atoms with Crippen LogP contribution in [0.5, 0.6) is 0 Å². The molecule has 3 heteroatoms. The summed E-state index contributed by atoms with van der Waals surface area (Å²) >= 11 is 0. The number of carbonyl (C=O) groups excluding carboxylic acids is 1. The quantitative estimate of drug-likeness (QED) is 0.835. The van der Waals surface area contributed by atoms with Crippen LogP contribution < -0.4 is 9.80 Å². The molecule has 1 aliphatic heterocycles. The topological polar surface area (TPSA) is 24.8 Å². The monoisotopic (exact) mass is 351 g/mol. The van der Waals surface area contributed by atoms with Gasteiger partial charge in [-0.05, 0) is 49.1 Å². The van der Waals surface area contributed by atoms with Crippen LogP contribution in [-0.2, 0) is 0 Å². The van der Waals surface area contributed by atoms with Gasteiger partial charge in [-0.25, -0.2) is 0 Å². The second-order valence-electron chi connectivity index (χ2n) is 7.85. The maximum absolute atomic E-state index is 11.0. The van der Waals surface area contributed by atoms with Gasteiger partial charge < -0.3 is 9.80 Å². The molecule has 1 saturated heterocycles. The van der Waals surface area contributed by atoms with Crippen molar-refractivity contribution in [1.82, 2.24) is 0 Å². The van der Waals surface area contributed by atoms with E-state index in [0.717, 1.165) is 43.6 Å². The third-order valence-corrected chi connectivity index (χ3v) is 5.87. The Hall–Kier alpha value is -2.13. The maximum atomic E-state index is 11.0. The first-order valence-electron chi connectivity index (χ1n) is 9.75. The van der Waals surface area contributed by atoms with Gasteiger partial charge in [0.25, 0.3) is 0 Å². The molecule has 0 spiro atoms. The second kappa shape index (κ2) is 8.05. The first-order chi connectivity index (χ1) is 12.5. The summed E-state index contributed by atoms with van der Waals surface area (Å²) < 4.78 is 0. The Morgan fingerprint density at radius 1 is 0.962 bits per heavy atom. The van der Waals surface area contributed by atoms with Crippen molar-refractivity contribution >= 4 is 12.0 Å². The molecule has 3 nitrogen and oxygen atoms in total. The van der Waals surface area contributed by atoms with Gasteiger partial charge in [0.15, 0.2) is 0 Å². The fraction of sp³-hybridized carbons (Fsp3) is 0.435. The Kier molecular flexibility index (Phi) is 5.77. The summed E-state index contributed by atoms with van der Waals surface area (Å²) in [6.45, 7) is 13.2. The van der Waals surface area contributed by atoms with Gasteiger partial charge in [-0.15, -0.1) is 0 Å². The number of hydrogen-bond donors (Lipinski definition) is 1. The van der Waals surface area contributed by atoms with Gasteiger partial charge in [-0.1, -0.05) is 38.1 Å². The largest absolute Gasteiger partial charge is 0.360 e. The van der Waals surface area contributed by atoms with Crippen molar-refractivity contribution in [2.24, 2.45) is 0 Å². The van der Waals surface area contributed by atoms with Crippen LogP contribution >= 0.6 is 0 Å². The average molecular weight is 352 g/mol. The Morgan fingerprint density at radius 3 is 2.12 bits per heavy atom. The van der Waals surface area contributed by atoms with Crippen LogP contribution in [-0.4, -0.2) is 32.5 Å². The predicted octanol–water partition coefficient (Wildman–Crippen LogP) is 3.40. The van der Waals surface area contributed by atoms with Gasteiger partial charge in [0, 0.05) is 16.8 Å². The van der Waals surface area contributed by atoms with Crippen molar-refractivity contribution in [1.29, 1.82) is 0 Å². The van der Waals surface area contributed by atoms with Crippen molar-refractivity contribution in [2.75, 3.05) is 31.1 Å². The summed E-state index contributed by atoms with van der Waals surface area (Å²) in [5.41, 5.74) is 5.93. The number of benzene rings is 2. The molecule has 1 N–H and O–H groups in total. The fourth-order valence-corrected chi connectivity index (χ4v) is 3.88. The molecule has 0 bridgehead atoms. The summed E-state index contributed by atoms with van der Waals surface area (Å²) in [7, 11) is 0. The first kappa shape index (κ1) is 18.7. The van der Waals surface area contributed by atoms with E-state index in [1.165, 1.54) is 16.8 Å². The number of rotatable bonds is 5. The van der Waals surface area contributed by atoms with Crippen molar-refractivity contribution in [3.8, 4) is 0 Å². The standard InChI is InChI=1S/C23H30N2O/c1-17(2)20-5-7-21(8-6-20)19(4)24-11-13-25(14-12-24)23-10-9-22(16-26)18(3)15-23/h5-10,15-17,19H,11-14H2,1-4H3/p+1/t19-/m1/s1. The van der Waals surface area contributed by atoms with Crippen LogP contribution in [0.4, 0.5) is 5.69 Å². The Morgan fingerprint density at radius 2 is 1.58 bits per heavy atom. The summed E-state index contributed by atoms with van der Waals surface area (Å²) in [6, 6.07) is 15.9. The lowest BCUT2D eigenvalue weighted by atomic mass is 9.99. The highest BCUT2D eigenvalue weighted by Gasteiger charge is 2.25. The van der Waals surface area contributed by atoms with E-state index in [-0.39, 0.29) is 0 Å². The molecule has 0 amide bonds. The smallest absolute Gasteiger partial charge is 0.150 e. The SMILES string of the molecule is Cc1cc(N2CC[NH+]([C@H](C)c3ccc(C(C)C)cc3)CC2)ccc1C=O. The molecule has 1 atom stereocenters. The minimum absolute atomic E-state index is 0.525. The van der Waals surface area contributed by atoms with Gasteiger partial charge in [0.2, 0.25) is 0 Å². The van der Waals surface area contributed by atoms with Crippen molar-refractivity contribution in [2.45, 2.75) is 39.7 Å². The van der Waals surface area contributed by atoms with Gasteiger partial charge >= 0.3 is 0 Å². The second-order valence-corrected chi connectivity index (χ2v) is 7.85. The highest BCUT2D eigenvalue weighted by atomic mass is 16.1. The Bertz CT molecular complexity index is 743. The molecule has 138 valence electrons. The third-order valence-electron chi connectivity index (χ3n) is 5.87. The molecule has 1 heterocycles. The number of aldehydes is 1. The lowest BCUT2D eigenvalue weighted by molar-refractivity contribution is -0.930. The lowest BCUT2D eigenvalue weighted by Gasteiger charge is -2.37. The first-order valence-corrected chi connectivity index (χ1v) is 9.75. The zero-order chi connectivity index (χ0) is 18.7. The van der Waals surface area contributed by atoms with E-state index < -0.39 is 0 Å². The van der Waals surface area contributed by atoms with Gasteiger partial charge in [-0.3, -0.25) is 4.79 Å². The number of aryl methyl sites for hydroxylation is 1. The number of carbonyl (C=O) groups is 1. The number of nitrogens with zero attached hydrogens (tertiary/aromatic N) is 1. The lowest BCUT2D eigenvalue weighted by Crippen LogP contribution is -3.14. The van der Waals surface area contributed by atoms with E-state index in [1.54, 1.807) is 4.90 Å². The van der Waals surface area contributed by atoms with Gasteiger partial charge in [0.1, 0.15) is 12.3 Å². The minimum atomic E-state index is 0.525. The van der Waals surface area contributed by atoms with E-state index in [2.05, 4.69) is 62.1 Å². The molecule has 0 aliphatic carbocycles. The molecule has 26 heavy (non-hydrogen) atoms. The van der Waals surface area contributed by atoms with Crippen LogP contribution in [0, 0.1) is 6.92 Å². The molecular weight excluding hydrogens is 320 g/mol. The van der Waals surface area contributed by atoms with E-state index in [0.29, 0.717) is 12.0 Å². The zero-order valence-corrected chi connectivity index (χ0v) is 16.5. The Labute approximate surface area is 157 Å². The van der Waals surface area contributed by atoms with Crippen molar-refractivity contribution in [3.63, 3.8) is 0 Å². The summed E-state index contributed by atoms with van der Waals surface area (Å²) in [6.07, 6.45) is 0.938. The highest BCUT2D eigenvalue weighted by Crippen LogP contribution is 2.20. The molecule has 2 aromatic rings. The van der Waals surface area contributed by atoms with Crippen LogP contribution in [0.3, 0.4) is 0 Å². The Balaban J connectivity index is 1.62. The van der Waals surface area contributed by atoms with Gasteiger partial charge in [-0.2, -0.15) is 0 Å². The van der Waals surface area contributed by atoms with Crippen molar-refractivity contribution in [3.05, 3.63) is 64.7 Å². The molecule has 1 aliphatic rings. The van der Waals surface area contributed by atoms with Crippen LogP contribution in [0.25, 0.3) is 0 Å². The normalized spacial score (nSPS) is 16.7. The third kappa shape index (κ3) is 3.99. The van der Waals surface area contributed by atoms with E-state index in [1.807, 2.05) is 13.0 Å². The molecule has 0 unspecified atom stereocenters. The molecule has 0 radical (unpaired) electrons. The molecule has 0 aromatic heterocycles. The number of piperazine rings is 1. The summed E-state index contributed by atoms with van der Waals surface area (Å²) in [5, 5.41) is 0. The number of quaternary nitrogens is 1. The van der Waals surface area contributed by atoms with Gasteiger partial charge in [0.05, 0.1) is 26.2 Å². The van der Waals surface area contributed by atoms with Crippen LogP contribution in [0.15, 0.2) is 42.5 Å². The van der Waals surface area contributed by atoms with Crippen LogP contribution in [0.1, 0.15) is 59.8 Å². The molecule has 0 saturated carbocycles. The highest BCUT2D eigenvalue weighted by molar-refractivity contribution is 5.78. The van der Waals surface area contributed by atoms with E-state index >= 15 is 0 Å². The summed E-state index contributed by atoms with van der Waals surface area (Å²) in [5.74, 6) is 0.587. The van der Waals surface area contributed by atoms with E-state index in [9.17, 15) is 4.79 Å². The number of hydrogen-bond acceptors (Lipinski definition) is 2. The molecule has 3 rings (SSSR count). The maximum Gasteiger partial charge on any atom is 0.150 e. The molecule has 1 fully saturated rings. The fourth-order valence-electron chi connectivity index (χ4n) is 3.88. The summed E-state index contributed by atoms with van der Waals surface area (Å²) in [4.78, 5) is 15.1. The average Bonchev–Trinajstić information content (AvgIpc) is 2.67. The number of anilines is 1. The zero-order valence-electron chi connectivity index (χ0n) is 16.5. The number of nitrogens with one attached hydrogen (secondary N) is 1. The van der Waals surface area contributed by atoms with Crippen LogP contribution in [0.2, 0.25) is 0 Å². The predicted molar refractivity (Wildman–Crippen MR) is 108 cm³/mol. The molecular formula is C23H31N2O+.